The van der Waals surface area contributed by atoms with Crippen LogP contribution in [0.25, 0.3) is 5.69 Å². The molecule has 2 heterocycles. The standard InChI is InChI=1S/C24H27N3O2S/c1-4-5-10-29-20-8-6-18(7-9-20)24(28)25-23-21-14-30-15-22(21)26-27(23)19-12-16(2)11-17(3)13-19/h6-9,11-13H,4-5,10,14-15H2,1-3H3,(H,25,28). The Hall–Kier alpha value is -2.73. The van der Waals surface area contributed by atoms with Gasteiger partial charge in [-0.1, -0.05) is 19.4 Å². The SMILES string of the molecule is CCCCOc1ccc(C(=O)Nc2c3c(nn2-c2cc(C)cc(C)c2)CSC3)cc1. The molecule has 6 heteroatoms. The summed E-state index contributed by atoms with van der Waals surface area (Å²) in [7, 11) is 0. The van der Waals surface area contributed by atoms with E-state index in [1.807, 2.05) is 40.7 Å². The maximum absolute atomic E-state index is 13.0. The Bertz CT molecular complexity index is 1040. The lowest BCUT2D eigenvalue weighted by atomic mass is 10.1. The van der Waals surface area contributed by atoms with Gasteiger partial charge in [-0.2, -0.15) is 16.9 Å². The van der Waals surface area contributed by atoms with Gasteiger partial charge in [-0.15, -0.1) is 0 Å². The molecule has 3 aromatic rings. The molecule has 2 aromatic carbocycles. The largest absolute Gasteiger partial charge is 0.494 e. The van der Waals surface area contributed by atoms with Crippen molar-refractivity contribution >= 4 is 23.5 Å². The summed E-state index contributed by atoms with van der Waals surface area (Å²) >= 11 is 1.82. The lowest BCUT2D eigenvalue weighted by Gasteiger charge is -2.13. The van der Waals surface area contributed by atoms with Gasteiger partial charge in [-0.3, -0.25) is 4.79 Å². The molecule has 0 atom stereocenters. The number of hydrogen-bond acceptors (Lipinski definition) is 4. The number of amides is 1. The van der Waals surface area contributed by atoms with E-state index in [2.05, 4.69) is 44.3 Å². The summed E-state index contributed by atoms with van der Waals surface area (Å²) in [5.74, 6) is 3.16. The minimum Gasteiger partial charge on any atom is -0.494 e. The average molecular weight is 422 g/mol. The molecule has 0 bridgehead atoms. The first-order chi connectivity index (χ1) is 14.5. The first-order valence-corrected chi connectivity index (χ1v) is 11.5. The monoisotopic (exact) mass is 421 g/mol. The molecule has 1 aliphatic rings. The van der Waals surface area contributed by atoms with Crippen molar-refractivity contribution in [2.45, 2.75) is 45.1 Å². The van der Waals surface area contributed by atoms with Gasteiger partial charge in [0.1, 0.15) is 11.6 Å². The number of aromatic nitrogens is 2. The number of nitrogens with one attached hydrogen (secondary N) is 1. The fraction of sp³-hybridized carbons (Fsp3) is 0.333. The number of unbranched alkanes of at least 4 members (excludes halogenated alkanes) is 1. The molecule has 5 nitrogen and oxygen atoms in total. The number of hydrogen-bond donors (Lipinski definition) is 1. The lowest BCUT2D eigenvalue weighted by molar-refractivity contribution is 0.102. The topological polar surface area (TPSA) is 56.1 Å². The van der Waals surface area contributed by atoms with Crippen LogP contribution in [0.15, 0.2) is 42.5 Å². The molecule has 4 rings (SSSR count). The normalized spacial score (nSPS) is 12.6. The third kappa shape index (κ3) is 4.38. The highest BCUT2D eigenvalue weighted by atomic mass is 32.2. The Morgan fingerprint density at radius 2 is 1.87 bits per heavy atom. The summed E-state index contributed by atoms with van der Waals surface area (Å²) < 4.78 is 7.58. The van der Waals surface area contributed by atoms with Crippen LogP contribution in [-0.2, 0) is 11.5 Å². The molecular weight excluding hydrogens is 394 g/mol. The second kappa shape index (κ2) is 8.96. The zero-order chi connectivity index (χ0) is 21.1. The van der Waals surface area contributed by atoms with E-state index in [1.165, 1.54) is 11.1 Å². The number of benzene rings is 2. The highest BCUT2D eigenvalue weighted by Crippen LogP contribution is 2.36. The molecule has 1 aliphatic heterocycles. The van der Waals surface area contributed by atoms with Gasteiger partial charge in [-0.25, -0.2) is 4.68 Å². The van der Waals surface area contributed by atoms with Gasteiger partial charge in [-0.05, 0) is 67.8 Å². The maximum Gasteiger partial charge on any atom is 0.256 e. The Labute approximate surface area is 181 Å². The Balaban J connectivity index is 1.59. The molecule has 0 fully saturated rings. The molecule has 0 unspecified atom stereocenters. The van der Waals surface area contributed by atoms with Crippen LogP contribution in [-0.4, -0.2) is 22.3 Å². The minimum atomic E-state index is -0.139. The second-order valence-electron chi connectivity index (χ2n) is 7.70. The zero-order valence-corrected chi connectivity index (χ0v) is 18.5. The van der Waals surface area contributed by atoms with Crippen molar-refractivity contribution in [2.24, 2.45) is 0 Å². The molecule has 0 aliphatic carbocycles. The van der Waals surface area contributed by atoms with Crippen LogP contribution in [0.3, 0.4) is 0 Å². The van der Waals surface area contributed by atoms with E-state index in [0.29, 0.717) is 12.2 Å². The van der Waals surface area contributed by atoms with Crippen molar-refractivity contribution in [3.8, 4) is 11.4 Å². The van der Waals surface area contributed by atoms with Gasteiger partial charge in [0.15, 0.2) is 0 Å². The molecule has 30 heavy (non-hydrogen) atoms. The van der Waals surface area contributed by atoms with E-state index in [9.17, 15) is 4.79 Å². The number of anilines is 1. The van der Waals surface area contributed by atoms with Crippen LogP contribution in [0.1, 0.15) is 52.5 Å². The summed E-state index contributed by atoms with van der Waals surface area (Å²) in [6, 6.07) is 13.7. The van der Waals surface area contributed by atoms with Crippen LogP contribution < -0.4 is 10.1 Å². The number of carbonyl (C=O) groups is 1. The number of aryl methyl sites for hydroxylation is 2. The maximum atomic E-state index is 13.0. The average Bonchev–Trinajstić information content (AvgIpc) is 3.30. The fourth-order valence-corrected chi connectivity index (χ4v) is 4.65. The number of carbonyl (C=O) groups excluding carboxylic acids is 1. The third-order valence-corrected chi connectivity index (χ3v) is 6.09. The predicted molar refractivity (Wildman–Crippen MR) is 123 cm³/mol. The van der Waals surface area contributed by atoms with Crippen molar-refractivity contribution < 1.29 is 9.53 Å². The minimum absolute atomic E-state index is 0.139. The summed E-state index contributed by atoms with van der Waals surface area (Å²) in [5, 5.41) is 7.93. The highest BCUT2D eigenvalue weighted by Gasteiger charge is 2.25. The van der Waals surface area contributed by atoms with Gasteiger partial charge in [0.25, 0.3) is 5.91 Å². The summed E-state index contributed by atoms with van der Waals surface area (Å²) in [6.07, 6.45) is 2.12. The molecule has 156 valence electrons. The van der Waals surface area contributed by atoms with Crippen LogP contribution in [0.2, 0.25) is 0 Å². The van der Waals surface area contributed by atoms with Gasteiger partial charge in [0.2, 0.25) is 0 Å². The van der Waals surface area contributed by atoms with Crippen LogP contribution in [0.4, 0.5) is 5.82 Å². The first kappa shape index (κ1) is 20.5. The molecule has 0 saturated carbocycles. The van der Waals surface area contributed by atoms with Crippen LogP contribution in [0, 0.1) is 13.8 Å². The van der Waals surface area contributed by atoms with E-state index in [0.717, 1.165) is 52.9 Å². The summed E-state index contributed by atoms with van der Waals surface area (Å²) in [4.78, 5) is 13.0. The molecule has 0 spiro atoms. The second-order valence-corrected chi connectivity index (χ2v) is 8.69. The molecular formula is C24H27N3O2S. The van der Waals surface area contributed by atoms with E-state index in [4.69, 9.17) is 9.84 Å². The molecule has 0 radical (unpaired) electrons. The third-order valence-electron chi connectivity index (χ3n) is 5.12. The first-order valence-electron chi connectivity index (χ1n) is 10.4. The summed E-state index contributed by atoms with van der Waals surface area (Å²) in [6.45, 7) is 6.98. The highest BCUT2D eigenvalue weighted by molar-refractivity contribution is 7.98. The number of rotatable bonds is 7. The Morgan fingerprint density at radius 3 is 2.57 bits per heavy atom. The predicted octanol–water partition coefficient (Wildman–Crippen LogP) is 5.67. The van der Waals surface area contributed by atoms with Crippen LogP contribution >= 0.6 is 11.8 Å². The van der Waals surface area contributed by atoms with E-state index >= 15 is 0 Å². The van der Waals surface area contributed by atoms with Crippen molar-refractivity contribution in [3.05, 3.63) is 70.4 Å². The molecule has 1 aromatic heterocycles. The van der Waals surface area contributed by atoms with Gasteiger partial charge in [0, 0.05) is 22.6 Å². The molecule has 1 amide bonds. The van der Waals surface area contributed by atoms with E-state index < -0.39 is 0 Å². The van der Waals surface area contributed by atoms with Gasteiger partial charge < -0.3 is 10.1 Å². The van der Waals surface area contributed by atoms with Crippen molar-refractivity contribution in [1.82, 2.24) is 9.78 Å². The van der Waals surface area contributed by atoms with Gasteiger partial charge >= 0.3 is 0 Å². The lowest BCUT2D eigenvalue weighted by Crippen LogP contribution is -2.16. The number of ether oxygens (including phenoxy) is 1. The molecule has 0 saturated heterocycles. The van der Waals surface area contributed by atoms with Crippen molar-refractivity contribution in [3.63, 3.8) is 0 Å². The van der Waals surface area contributed by atoms with Crippen molar-refractivity contribution in [2.75, 3.05) is 11.9 Å². The van der Waals surface area contributed by atoms with E-state index in [1.54, 1.807) is 0 Å². The fourth-order valence-electron chi connectivity index (χ4n) is 3.62. The Morgan fingerprint density at radius 1 is 1.13 bits per heavy atom. The van der Waals surface area contributed by atoms with Crippen molar-refractivity contribution in [1.29, 1.82) is 0 Å². The number of thioether (sulfide) groups is 1. The van der Waals surface area contributed by atoms with Gasteiger partial charge in [0.05, 0.1) is 18.0 Å². The smallest absolute Gasteiger partial charge is 0.256 e. The number of fused-ring (bicyclic) bond motifs is 1. The van der Waals surface area contributed by atoms with Crippen LogP contribution in [0.5, 0.6) is 5.75 Å². The quantitative estimate of drug-likeness (QED) is 0.500. The van der Waals surface area contributed by atoms with E-state index in [-0.39, 0.29) is 5.91 Å². The summed E-state index contributed by atoms with van der Waals surface area (Å²) in [5.41, 5.74) is 6.09. The number of nitrogens with zero attached hydrogens (tertiary/aromatic N) is 2. The zero-order valence-electron chi connectivity index (χ0n) is 17.7. The Kier molecular flexibility index (Phi) is 6.13. The molecule has 1 N–H and O–H groups in total.